The Balaban J connectivity index is 2.16. The van der Waals surface area contributed by atoms with Crippen molar-refractivity contribution in [3.63, 3.8) is 0 Å². The molecular weight excluding hydrogens is 236 g/mol. The van der Waals surface area contributed by atoms with Crippen LogP contribution in [0.1, 0.15) is 15.9 Å². The summed E-state index contributed by atoms with van der Waals surface area (Å²) >= 11 is 0. The number of carbonyl (C=O) groups excluding carboxylic acids is 1. The van der Waals surface area contributed by atoms with E-state index in [4.69, 9.17) is 0 Å². The highest BCUT2D eigenvalue weighted by Crippen LogP contribution is 2.09. The normalized spacial score (nSPS) is 10.3. The summed E-state index contributed by atoms with van der Waals surface area (Å²) in [6, 6.07) is 7.15. The zero-order chi connectivity index (χ0) is 13.1. The third-order valence-electron chi connectivity index (χ3n) is 2.44. The number of hydrogen-bond donors (Lipinski definition) is 0. The Hall–Kier alpha value is -2.57. The van der Waals surface area contributed by atoms with Gasteiger partial charge in [-0.05, 0) is 17.4 Å². The molecule has 0 atom stereocenters. The maximum Gasteiger partial charge on any atom is 0.490 e. The fourth-order valence-corrected chi connectivity index (χ4v) is 1.56. The summed E-state index contributed by atoms with van der Waals surface area (Å²) in [5.74, 6) is -0.666. The zero-order valence-electron chi connectivity index (χ0n) is 9.61. The molecule has 0 spiro atoms. The zero-order valence-corrected chi connectivity index (χ0v) is 9.61. The van der Waals surface area contributed by atoms with E-state index >= 15 is 0 Å². The lowest BCUT2D eigenvalue weighted by Crippen LogP contribution is -2.12. The summed E-state index contributed by atoms with van der Waals surface area (Å²) in [5.41, 5.74) is 1.44. The van der Waals surface area contributed by atoms with Crippen LogP contribution in [0.15, 0.2) is 30.6 Å². The van der Waals surface area contributed by atoms with Gasteiger partial charge in [-0.1, -0.05) is 29.2 Å². The van der Waals surface area contributed by atoms with Crippen LogP contribution in [0.5, 0.6) is 0 Å². The van der Waals surface area contributed by atoms with Crippen molar-refractivity contribution in [1.82, 2.24) is 14.8 Å². The van der Waals surface area contributed by atoms with E-state index in [0.29, 0.717) is 5.56 Å². The number of ketones is 1. The number of rotatable bonds is 4. The Morgan fingerprint density at radius 3 is 2.78 bits per heavy atom. The number of aryl methyl sites for hydroxylation is 1. The lowest BCUT2D eigenvalue weighted by molar-refractivity contribution is -0.394. The van der Waals surface area contributed by atoms with Crippen molar-refractivity contribution in [2.45, 2.75) is 13.5 Å². The van der Waals surface area contributed by atoms with Gasteiger partial charge in [-0.15, -0.1) is 0 Å². The number of Topliss-reactive ketones (excluding diaryl/α,β-unsaturated/α-hetero) is 1. The molecule has 7 heteroatoms. The molecule has 0 saturated carbocycles. The lowest BCUT2D eigenvalue weighted by atomic mass is 10.1. The Morgan fingerprint density at radius 2 is 2.17 bits per heavy atom. The summed E-state index contributed by atoms with van der Waals surface area (Å²) in [4.78, 5) is 25.1. The number of aromatic nitrogens is 3. The summed E-state index contributed by atoms with van der Waals surface area (Å²) in [7, 11) is 0. The quantitative estimate of drug-likeness (QED) is 0.461. The summed E-state index contributed by atoms with van der Waals surface area (Å²) in [6.07, 6.45) is 1.17. The molecule has 0 bridgehead atoms. The Labute approximate surface area is 102 Å². The molecule has 0 unspecified atom stereocenters. The van der Waals surface area contributed by atoms with Gasteiger partial charge in [0, 0.05) is 10.7 Å². The summed E-state index contributed by atoms with van der Waals surface area (Å²) in [5, 5.41) is 14.0. The van der Waals surface area contributed by atoms with Crippen molar-refractivity contribution in [2.75, 3.05) is 0 Å². The van der Waals surface area contributed by atoms with Crippen LogP contribution in [-0.2, 0) is 6.54 Å². The molecule has 0 aliphatic heterocycles. The van der Waals surface area contributed by atoms with E-state index in [-0.39, 0.29) is 12.3 Å². The molecule has 92 valence electrons. The van der Waals surface area contributed by atoms with E-state index < -0.39 is 10.9 Å². The van der Waals surface area contributed by atoms with Crippen LogP contribution in [0, 0.1) is 17.0 Å². The van der Waals surface area contributed by atoms with Gasteiger partial charge in [0.25, 0.3) is 0 Å². The minimum Gasteiger partial charge on any atom is -0.390 e. The van der Waals surface area contributed by atoms with E-state index in [1.807, 2.05) is 19.1 Å². The molecule has 0 aliphatic carbocycles. The van der Waals surface area contributed by atoms with Gasteiger partial charge in [-0.25, -0.2) is 0 Å². The lowest BCUT2D eigenvalue weighted by Gasteiger charge is -2.02. The molecule has 0 radical (unpaired) electrons. The first kappa shape index (κ1) is 11.9. The maximum absolute atomic E-state index is 12.0. The third-order valence-corrected chi connectivity index (χ3v) is 2.44. The molecule has 7 nitrogen and oxygen atoms in total. The Bertz CT molecular complexity index is 606. The Morgan fingerprint density at radius 1 is 1.44 bits per heavy atom. The van der Waals surface area contributed by atoms with Gasteiger partial charge in [0.1, 0.15) is 6.54 Å². The van der Waals surface area contributed by atoms with Gasteiger partial charge in [-0.3, -0.25) is 4.79 Å². The number of nitrogens with zero attached hydrogens (tertiary/aromatic N) is 4. The average molecular weight is 246 g/mol. The fourth-order valence-electron chi connectivity index (χ4n) is 1.56. The molecule has 1 aromatic heterocycles. The van der Waals surface area contributed by atoms with Gasteiger partial charge in [0.2, 0.25) is 6.33 Å². The SMILES string of the molecule is Cc1ccccc1C(=O)Cn1cnc([N+](=O)[O-])n1. The molecule has 2 rings (SSSR count). The molecule has 0 amide bonds. The maximum atomic E-state index is 12.0. The highest BCUT2D eigenvalue weighted by Gasteiger charge is 2.16. The smallest absolute Gasteiger partial charge is 0.390 e. The standard InChI is InChI=1S/C11H10N4O3/c1-8-4-2-3-5-9(8)10(16)6-14-7-12-11(13-14)15(17)18/h2-5,7H,6H2,1H3. The predicted molar refractivity (Wildman–Crippen MR) is 62.2 cm³/mol. The Kier molecular flexibility index (Phi) is 3.13. The van der Waals surface area contributed by atoms with Gasteiger partial charge >= 0.3 is 5.95 Å². The van der Waals surface area contributed by atoms with E-state index in [1.54, 1.807) is 12.1 Å². The van der Waals surface area contributed by atoms with Crippen molar-refractivity contribution >= 4 is 11.7 Å². The molecule has 0 saturated heterocycles. The first-order valence-corrected chi connectivity index (χ1v) is 5.20. The largest absolute Gasteiger partial charge is 0.490 e. The number of nitro groups is 1. The van der Waals surface area contributed by atoms with Crippen molar-refractivity contribution in [1.29, 1.82) is 0 Å². The average Bonchev–Trinajstić information content (AvgIpc) is 2.78. The predicted octanol–water partition coefficient (Wildman–Crippen LogP) is 1.38. The van der Waals surface area contributed by atoms with Crippen molar-refractivity contribution in [3.05, 3.63) is 51.8 Å². The topological polar surface area (TPSA) is 90.9 Å². The summed E-state index contributed by atoms with van der Waals surface area (Å²) < 4.78 is 1.16. The van der Waals surface area contributed by atoms with Crippen LogP contribution >= 0.6 is 0 Å². The fraction of sp³-hybridized carbons (Fsp3) is 0.182. The first-order valence-electron chi connectivity index (χ1n) is 5.20. The molecule has 1 heterocycles. The van der Waals surface area contributed by atoms with Crippen LogP contribution < -0.4 is 0 Å². The van der Waals surface area contributed by atoms with Crippen LogP contribution in [0.25, 0.3) is 0 Å². The van der Waals surface area contributed by atoms with Gasteiger partial charge in [0.05, 0.1) is 0 Å². The van der Waals surface area contributed by atoms with Crippen molar-refractivity contribution < 1.29 is 9.72 Å². The minimum atomic E-state index is -0.700. The minimum absolute atomic E-state index is 0.0638. The number of carbonyl (C=O) groups is 1. The van der Waals surface area contributed by atoms with Crippen LogP contribution in [0.3, 0.4) is 0 Å². The highest BCUT2D eigenvalue weighted by atomic mass is 16.6. The first-order chi connectivity index (χ1) is 8.58. The number of hydrogen-bond acceptors (Lipinski definition) is 5. The second-order valence-electron chi connectivity index (χ2n) is 3.74. The molecule has 2 aromatic rings. The van der Waals surface area contributed by atoms with Gasteiger partial charge in [0.15, 0.2) is 5.78 Å². The monoisotopic (exact) mass is 246 g/mol. The van der Waals surface area contributed by atoms with Gasteiger partial charge in [-0.2, -0.15) is 4.68 Å². The van der Waals surface area contributed by atoms with Gasteiger partial charge < -0.3 is 10.1 Å². The second-order valence-corrected chi connectivity index (χ2v) is 3.74. The van der Waals surface area contributed by atoms with Crippen LogP contribution in [0.2, 0.25) is 0 Å². The van der Waals surface area contributed by atoms with E-state index in [9.17, 15) is 14.9 Å². The molecule has 0 fully saturated rings. The second kappa shape index (κ2) is 4.74. The van der Waals surface area contributed by atoms with E-state index in [2.05, 4.69) is 10.1 Å². The molecular formula is C11H10N4O3. The van der Waals surface area contributed by atoms with Crippen molar-refractivity contribution in [2.24, 2.45) is 0 Å². The number of benzene rings is 1. The van der Waals surface area contributed by atoms with E-state index in [1.165, 1.54) is 6.33 Å². The van der Waals surface area contributed by atoms with Crippen molar-refractivity contribution in [3.8, 4) is 0 Å². The van der Waals surface area contributed by atoms with E-state index in [0.717, 1.165) is 10.2 Å². The molecule has 0 N–H and O–H groups in total. The highest BCUT2D eigenvalue weighted by molar-refractivity contribution is 5.97. The molecule has 1 aromatic carbocycles. The molecule has 0 aliphatic rings. The van der Waals surface area contributed by atoms with Crippen LogP contribution in [-0.4, -0.2) is 25.5 Å². The third kappa shape index (κ3) is 2.40. The molecule has 18 heavy (non-hydrogen) atoms. The van der Waals surface area contributed by atoms with Crippen LogP contribution in [0.4, 0.5) is 5.95 Å². The summed E-state index contributed by atoms with van der Waals surface area (Å²) in [6.45, 7) is 1.77.